The van der Waals surface area contributed by atoms with Crippen molar-refractivity contribution in [3.05, 3.63) is 66.2 Å². The van der Waals surface area contributed by atoms with E-state index in [0.717, 1.165) is 22.2 Å². The number of rotatable bonds is 4. The molecule has 2 amide bonds. The van der Waals surface area contributed by atoms with Crippen LogP contribution in [0, 0.1) is 0 Å². The summed E-state index contributed by atoms with van der Waals surface area (Å²) in [7, 11) is 0. The number of piperazine rings is 1. The van der Waals surface area contributed by atoms with Gasteiger partial charge in [-0.25, -0.2) is 4.98 Å². The van der Waals surface area contributed by atoms with Crippen LogP contribution in [0.2, 0.25) is 0 Å². The van der Waals surface area contributed by atoms with E-state index in [9.17, 15) is 14.4 Å². The Hall–Kier alpha value is -3.74. The van der Waals surface area contributed by atoms with Gasteiger partial charge in [0.15, 0.2) is 6.10 Å². The lowest BCUT2D eigenvalue weighted by Crippen LogP contribution is -2.53. The molecule has 0 N–H and O–H groups in total. The van der Waals surface area contributed by atoms with Crippen molar-refractivity contribution in [1.29, 1.82) is 0 Å². The normalized spacial score (nSPS) is 14.8. The number of benzene rings is 2. The molecule has 3 aromatic rings. The summed E-state index contributed by atoms with van der Waals surface area (Å²) in [5.74, 6) is -0.813. The number of nitrogens with zero attached hydrogens (tertiary/aromatic N) is 3. The molecule has 4 rings (SSSR count). The Morgan fingerprint density at radius 1 is 0.906 bits per heavy atom. The molecule has 7 nitrogen and oxygen atoms in total. The zero-order valence-electron chi connectivity index (χ0n) is 18.2. The number of pyridine rings is 1. The minimum atomic E-state index is -0.827. The number of esters is 1. The van der Waals surface area contributed by atoms with Crippen molar-refractivity contribution in [1.82, 2.24) is 14.8 Å². The fraction of sp³-hybridized carbons (Fsp3) is 0.280. The largest absolute Gasteiger partial charge is 0.453 e. The lowest BCUT2D eigenvalue weighted by molar-refractivity contribution is -0.158. The van der Waals surface area contributed by atoms with Crippen molar-refractivity contribution in [3.8, 4) is 11.3 Å². The summed E-state index contributed by atoms with van der Waals surface area (Å²) in [6, 6.07) is 19.3. The number of carbonyl (C=O) groups excluding carboxylic acids is 3. The number of ether oxygens (including phenoxy) is 1. The van der Waals surface area contributed by atoms with E-state index in [0.29, 0.717) is 31.7 Å². The molecular weight excluding hydrogens is 406 g/mol. The molecular formula is C25H25N3O4. The molecule has 1 atom stereocenters. The monoisotopic (exact) mass is 431 g/mol. The van der Waals surface area contributed by atoms with E-state index in [4.69, 9.17) is 9.72 Å². The average Bonchev–Trinajstić information content (AvgIpc) is 2.82. The van der Waals surface area contributed by atoms with Crippen LogP contribution >= 0.6 is 0 Å². The standard InChI is InChI=1S/C25H25N3O4/c1-17(32-18(2)29)24(30)27-12-14-28(15-13-27)25(31)21-16-23(19-8-4-3-5-9-19)26-22-11-7-6-10-20(21)22/h3-11,16-17H,12-15H2,1-2H3/t17-/m0/s1. The third-order valence-electron chi connectivity index (χ3n) is 5.59. The Bertz CT molecular complexity index is 1150. The maximum absolute atomic E-state index is 13.5. The van der Waals surface area contributed by atoms with Crippen LogP contribution in [0.25, 0.3) is 22.2 Å². The molecule has 1 fully saturated rings. The molecule has 0 saturated carbocycles. The Balaban J connectivity index is 1.56. The molecule has 0 bridgehead atoms. The van der Waals surface area contributed by atoms with Crippen LogP contribution in [-0.4, -0.2) is 64.9 Å². The molecule has 1 aromatic heterocycles. The second kappa shape index (κ2) is 9.18. The Labute approximate surface area is 186 Å². The first-order valence-corrected chi connectivity index (χ1v) is 10.6. The van der Waals surface area contributed by atoms with Crippen molar-refractivity contribution >= 4 is 28.7 Å². The predicted octanol–water partition coefficient (Wildman–Crippen LogP) is 3.14. The molecule has 2 heterocycles. The van der Waals surface area contributed by atoms with E-state index in [1.807, 2.05) is 60.7 Å². The molecule has 0 unspecified atom stereocenters. The molecule has 1 aliphatic heterocycles. The second-order valence-electron chi connectivity index (χ2n) is 7.81. The summed E-state index contributed by atoms with van der Waals surface area (Å²) in [4.78, 5) is 45.2. The van der Waals surface area contributed by atoms with Crippen LogP contribution < -0.4 is 0 Å². The van der Waals surface area contributed by atoms with Gasteiger partial charge in [-0.3, -0.25) is 14.4 Å². The summed E-state index contributed by atoms with van der Waals surface area (Å²) in [5.41, 5.74) is 3.06. The first kappa shape index (κ1) is 21.5. The molecule has 2 aromatic carbocycles. The average molecular weight is 431 g/mol. The van der Waals surface area contributed by atoms with E-state index in [2.05, 4.69) is 0 Å². The zero-order chi connectivity index (χ0) is 22.7. The van der Waals surface area contributed by atoms with Gasteiger partial charge in [0.05, 0.1) is 16.8 Å². The van der Waals surface area contributed by atoms with Crippen molar-refractivity contribution in [2.24, 2.45) is 0 Å². The van der Waals surface area contributed by atoms with E-state index in [1.54, 1.807) is 16.7 Å². The first-order chi connectivity index (χ1) is 15.4. The highest BCUT2D eigenvalue weighted by Gasteiger charge is 2.29. The van der Waals surface area contributed by atoms with Gasteiger partial charge in [0, 0.05) is 44.1 Å². The van der Waals surface area contributed by atoms with Gasteiger partial charge in [0.1, 0.15) is 0 Å². The number of carbonyl (C=O) groups is 3. The molecule has 0 spiro atoms. The van der Waals surface area contributed by atoms with Crippen molar-refractivity contribution in [3.63, 3.8) is 0 Å². The highest BCUT2D eigenvalue weighted by atomic mass is 16.5. The molecule has 1 saturated heterocycles. The molecule has 1 aliphatic rings. The molecule has 32 heavy (non-hydrogen) atoms. The molecule has 0 radical (unpaired) electrons. The molecule has 7 heteroatoms. The minimum Gasteiger partial charge on any atom is -0.453 e. The second-order valence-corrected chi connectivity index (χ2v) is 7.81. The number of para-hydroxylation sites is 1. The summed E-state index contributed by atoms with van der Waals surface area (Å²) in [5, 5.41) is 0.805. The van der Waals surface area contributed by atoms with Gasteiger partial charge in [0.25, 0.3) is 11.8 Å². The van der Waals surface area contributed by atoms with Gasteiger partial charge in [-0.05, 0) is 19.1 Å². The Kier molecular flexibility index (Phi) is 6.16. The predicted molar refractivity (Wildman–Crippen MR) is 121 cm³/mol. The van der Waals surface area contributed by atoms with Gasteiger partial charge < -0.3 is 14.5 Å². The van der Waals surface area contributed by atoms with Crippen LogP contribution in [0.4, 0.5) is 0 Å². The third kappa shape index (κ3) is 4.46. The topological polar surface area (TPSA) is 79.8 Å². The first-order valence-electron chi connectivity index (χ1n) is 10.6. The number of hydrogen-bond donors (Lipinski definition) is 0. The molecule has 0 aliphatic carbocycles. The zero-order valence-corrected chi connectivity index (χ0v) is 18.2. The van der Waals surface area contributed by atoms with Crippen molar-refractivity contribution < 1.29 is 19.1 Å². The van der Waals surface area contributed by atoms with Crippen LogP contribution in [0.5, 0.6) is 0 Å². The SMILES string of the molecule is CC(=O)O[C@@H](C)C(=O)N1CCN(C(=O)c2cc(-c3ccccc3)nc3ccccc23)CC1. The number of hydrogen-bond acceptors (Lipinski definition) is 5. The van der Waals surface area contributed by atoms with Crippen LogP contribution in [0.3, 0.4) is 0 Å². The smallest absolute Gasteiger partial charge is 0.303 e. The van der Waals surface area contributed by atoms with E-state index in [-0.39, 0.29) is 11.8 Å². The van der Waals surface area contributed by atoms with Gasteiger partial charge in [-0.1, -0.05) is 48.5 Å². The van der Waals surface area contributed by atoms with Gasteiger partial charge in [-0.15, -0.1) is 0 Å². The van der Waals surface area contributed by atoms with Gasteiger partial charge >= 0.3 is 5.97 Å². The number of fused-ring (bicyclic) bond motifs is 1. The van der Waals surface area contributed by atoms with E-state index in [1.165, 1.54) is 6.92 Å². The summed E-state index contributed by atoms with van der Waals surface area (Å²) >= 11 is 0. The lowest BCUT2D eigenvalue weighted by Gasteiger charge is -2.36. The summed E-state index contributed by atoms with van der Waals surface area (Å²) < 4.78 is 4.99. The maximum Gasteiger partial charge on any atom is 0.303 e. The van der Waals surface area contributed by atoms with Crippen LogP contribution in [0.15, 0.2) is 60.7 Å². The number of aromatic nitrogens is 1. The number of amides is 2. The maximum atomic E-state index is 13.5. The van der Waals surface area contributed by atoms with Crippen LogP contribution in [0.1, 0.15) is 24.2 Å². The summed E-state index contributed by atoms with van der Waals surface area (Å²) in [6.07, 6.45) is -0.827. The van der Waals surface area contributed by atoms with Crippen molar-refractivity contribution in [2.75, 3.05) is 26.2 Å². The fourth-order valence-corrected chi connectivity index (χ4v) is 3.97. The summed E-state index contributed by atoms with van der Waals surface area (Å²) in [6.45, 7) is 4.46. The quantitative estimate of drug-likeness (QED) is 0.593. The van der Waals surface area contributed by atoms with E-state index < -0.39 is 12.1 Å². The highest BCUT2D eigenvalue weighted by molar-refractivity contribution is 6.07. The lowest BCUT2D eigenvalue weighted by atomic mass is 10.0. The fourth-order valence-electron chi connectivity index (χ4n) is 3.97. The Morgan fingerprint density at radius 3 is 2.22 bits per heavy atom. The minimum absolute atomic E-state index is 0.0825. The van der Waals surface area contributed by atoms with Gasteiger partial charge in [-0.2, -0.15) is 0 Å². The van der Waals surface area contributed by atoms with E-state index >= 15 is 0 Å². The van der Waals surface area contributed by atoms with Crippen LogP contribution in [-0.2, 0) is 14.3 Å². The van der Waals surface area contributed by atoms with Gasteiger partial charge in [0.2, 0.25) is 0 Å². The molecule has 164 valence electrons. The Morgan fingerprint density at radius 2 is 1.53 bits per heavy atom. The van der Waals surface area contributed by atoms with Crippen molar-refractivity contribution in [2.45, 2.75) is 20.0 Å². The third-order valence-corrected chi connectivity index (χ3v) is 5.59. The highest BCUT2D eigenvalue weighted by Crippen LogP contribution is 2.26.